The van der Waals surface area contributed by atoms with E-state index in [2.05, 4.69) is 26.1 Å². The number of aliphatic hydroxyl groups excluding tert-OH is 2. The normalized spacial score (nSPS) is 46.9. The van der Waals surface area contributed by atoms with Gasteiger partial charge in [-0.2, -0.15) is 5.06 Å². The molecule has 224 valence electrons. The van der Waals surface area contributed by atoms with Crippen molar-refractivity contribution in [3.8, 4) is 0 Å². The van der Waals surface area contributed by atoms with Crippen molar-refractivity contribution in [2.75, 3.05) is 20.3 Å². The van der Waals surface area contributed by atoms with Crippen LogP contribution in [0, 0.1) is 46.8 Å². The summed E-state index contributed by atoms with van der Waals surface area (Å²) < 4.78 is 6.19. The molecule has 13 atom stereocenters. The summed E-state index contributed by atoms with van der Waals surface area (Å²) in [6, 6.07) is -0.214. The lowest BCUT2D eigenvalue weighted by molar-refractivity contribution is -0.193. The second-order valence-electron chi connectivity index (χ2n) is 14.5. The van der Waals surface area contributed by atoms with Gasteiger partial charge in [-0.05, 0) is 86.9 Å². The van der Waals surface area contributed by atoms with Gasteiger partial charge in [-0.15, -0.1) is 0 Å². The summed E-state index contributed by atoms with van der Waals surface area (Å²) in [7, 11) is 1.82. The predicted molar refractivity (Wildman–Crippen MR) is 150 cm³/mol. The minimum atomic E-state index is -0.778. The molecule has 7 unspecified atom stereocenters. The molecule has 5 saturated carbocycles. The maximum Gasteiger partial charge on any atom is 0.240 e. The summed E-state index contributed by atoms with van der Waals surface area (Å²) in [5, 5.41) is 26.1. The van der Waals surface area contributed by atoms with Gasteiger partial charge in [0.2, 0.25) is 5.91 Å². The van der Waals surface area contributed by atoms with Gasteiger partial charge in [0.1, 0.15) is 12.1 Å². The van der Waals surface area contributed by atoms with Gasteiger partial charge in [-0.3, -0.25) is 9.63 Å². The highest BCUT2D eigenvalue weighted by Crippen LogP contribution is 2.61. The zero-order valence-electron chi connectivity index (χ0n) is 24.9. The Balaban J connectivity index is 1.32. The summed E-state index contributed by atoms with van der Waals surface area (Å²) >= 11 is 0. The van der Waals surface area contributed by atoms with E-state index in [1.165, 1.54) is 19.3 Å². The monoisotopic (exact) mass is 549 g/mol. The summed E-state index contributed by atoms with van der Waals surface area (Å²) in [4.78, 5) is 20.3. The first kappa shape index (κ1) is 29.7. The lowest BCUT2D eigenvalue weighted by Gasteiger charge is -2.62. The van der Waals surface area contributed by atoms with Crippen LogP contribution in [0.25, 0.3) is 0 Å². The van der Waals surface area contributed by atoms with Gasteiger partial charge in [0.05, 0.1) is 18.8 Å². The Morgan fingerprint density at radius 2 is 1.92 bits per heavy atom. The Morgan fingerprint density at radius 3 is 2.54 bits per heavy atom. The second-order valence-corrected chi connectivity index (χ2v) is 14.5. The minimum Gasteiger partial charge on any atom is -0.394 e. The van der Waals surface area contributed by atoms with Crippen LogP contribution < -0.4 is 11.1 Å². The van der Waals surface area contributed by atoms with Crippen LogP contribution in [0.2, 0.25) is 0 Å². The first-order valence-corrected chi connectivity index (χ1v) is 15.9. The van der Waals surface area contributed by atoms with Gasteiger partial charge >= 0.3 is 0 Å². The minimum absolute atomic E-state index is 0.0765. The van der Waals surface area contributed by atoms with Crippen LogP contribution in [0.4, 0.5) is 0 Å². The van der Waals surface area contributed by atoms with E-state index < -0.39 is 24.2 Å². The maximum absolute atomic E-state index is 14.0. The number of rotatable bonds is 8. The molecule has 6 fully saturated rings. The number of ether oxygens (including phenoxy) is 1. The van der Waals surface area contributed by atoms with Gasteiger partial charge in [-0.1, -0.05) is 33.6 Å². The lowest BCUT2D eigenvalue weighted by atomic mass is 9.45. The molecule has 2 bridgehead atoms. The lowest BCUT2D eigenvalue weighted by Crippen LogP contribution is -2.62. The largest absolute Gasteiger partial charge is 0.394 e. The van der Waals surface area contributed by atoms with Gasteiger partial charge in [0.15, 0.2) is 0 Å². The van der Waals surface area contributed by atoms with Crippen LogP contribution in [0.15, 0.2) is 0 Å². The number of methoxy groups -OCH3 is 1. The number of nitrogens with two attached hydrogens (primary N) is 1. The fourth-order valence-corrected chi connectivity index (χ4v) is 9.75. The SMILES string of the molecule is COC1C(CN2O[C@@H](CO)C(C(C)O)[C@H]2C(=O)N[C@H]2C[C@H]3C[C@@H]([C@@H]2C)C3(C)C)CCCC1C1CCCC(N)C1. The molecule has 0 radical (unpaired) electrons. The highest BCUT2D eigenvalue weighted by Gasteiger charge is 2.57. The molecular weight excluding hydrogens is 494 g/mol. The Hall–Kier alpha value is -0.770. The molecule has 8 nitrogen and oxygen atoms in total. The number of hydroxylamine groups is 2. The number of carbonyl (C=O) groups excluding carboxylic acids is 1. The standard InChI is InChI=1S/C31H55N3O5/c1-17-24-13-21(31(24,3)4)14-25(17)33-30(37)28-27(18(2)36)26(16-35)39-34(28)15-20-9-7-11-23(29(20)38-5)19-8-6-10-22(32)12-19/h17-29,35-36H,6-16,32H2,1-5H3,(H,33,37)/t17-,18?,19?,20?,21+,22?,23?,24-,25-,26-,27?,28-,29?/m0/s1. The van der Waals surface area contributed by atoms with Crippen LogP contribution in [0.3, 0.4) is 0 Å². The van der Waals surface area contributed by atoms with Crippen LogP contribution in [-0.2, 0) is 14.4 Å². The van der Waals surface area contributed by atoms with E-state index in [0.717, 1.165) is 38.5 Å². The number of fused-ring (bicyclic) bond motifs is 2. The van der Waals surface area contributed by atoms with Crippen molar-refractivity contribution in [1.82, 2.24) is 10.4 Å². The molecule has 8 heteroatoms. The Labute approximate surface area is 235 Å². The summed E-state index contributed by atoms with van der Waals surface area (Å²) in [6.45, 7) is 9.06. The molecule has 6 rings (SSSR count). The van der Waals surface area contributed by atoms with Crippen molar-refractivity contribution in [2.45, 2.75) is 122 Å². The average Bonchev–Trinajstić information content (AvgIpc) is 3.28. The second kappa shape index (κ2) is 11.8. The van der Waals surface area contributed by atoms with Crippen LogP contribution >= 0.6 is 0 Å². The van der Waals surface area contributed by atoms with Crippen molar-refractivity contribution in [3.63, 3.8) is 0 Å². The van der Waals surface area contributed by atoms with Crippen molar-refractivity contribution < 1.29 is 24.6 Å². The van der Waals surface area contributed by atoms with E-state index >= 15 is 0 Å². The van der Waals surface area contributed by atoms with E-state index in [-0.39, 0.29) is 36.6 Å². The van der Waals surface area contributed by atoms with Crippen LogP contribution in [-0.4, -0.2) is 77.9 Å². The molecule has 0 spiro atoms. The van der Waals surface area contributed by atoms with Crippen molar-refractivity contribution in [2.24, 2.45) is 52.6 Å². The molecule has 1 aliphatic heterocycles. The van der Waals surface area contributed by atoms with E-state index in [4.69, 9.17) is 15.3 Å². The molecule has 0 aromatic heterocycles. The highest BCUT2D eigenvalue weighted by molar-refractivity contribution is 5.82. The Bertz CT molecular complexity index is 854. The molecule has 6 aliphatic rings. The third-order valence-corrected chi connectivity index (χ3v) is 12.1. The zero-order chi connectivity index (χ0) is 28.1. The third kappa shape index (κ3) is 5.55. The van der Waals surface area contributed by atoms with Gasteiger partial charge in [0.25, 0.3) is 0 Å². The molecule has 0 aromatic rings. The number of nitrogens with zero attached hydrogens (tertiary/aromatic N) is 1. The number of nitrogens with one attached hydrogen (secondary N) is 1. The fraction of sp³-hybridized carbons (Fsp3) is 0.968. The van der Waals surface area contributed by atoms with Crippen molar-refractivity contribution in [1.29, 1.82) is 0 Å². The van der Waals surface area contributed by atoms with Crippen molar-refractivity contribution in [3.05, 3.63) is 0 Å². The number of carbonyl (C=O) groups is 1. The topological polar surface area (TPSA) is 117 Å². The number of amides is 1. The number of aliphatic hydroxyl groups is 2. The van der Waals surface area contributed by atoms with Gasteiger partial charge < -0.3 is 26.0 Å². The summed E-state index contributed by atoms with van der Waals surface area (Å²) in [5.74, 6) is 2.40. The Morgan fingerprint density at radius 1 is 1.18 bits per heavy atom. The summed E-state index contributed by atoms with van der Waals surface area (Å²) in [5.41, 5.74) is 6.71. The van der Waals surface area contributed by atoms with E-state index in [1.807, 2.05) is 7.11 Å². The van der Waals surface area contributed by atoms with E-state index in [0.29, 0.717) is 41.5 Å². The molecular formula is C31H55N3O5. The Kier molecular flexibility index (Phi) is 9.02. The van der Waals surface area contributed by atoms with Crippen LogP contribution in [0.5, 0.6) is 0 Å². The molecule has 5 aliphatic carbocycles. The van der Waals surface area contributed by atoms with Gasteiger partial charge in [0, 0.05) is 37.6 Å². The number of hydrogen-bond acceptors (Lipinski definition) is 7. The average molecular weight is 550 g/mol. The summed E-state index contributed by atoms with van der Waals surface area (Å²) in [6.07, 6.45) is 8.87. The smallest absolute Gasteiger partial charge is 0.240 e. The first-order valence-electron chi connectivity index (χ1n) is 15.9. The fourth-order valence-electron chi connectivity index (χ4n) is 9.75. The highest BCUT2D eigenvalue weighted by atomic mass is 16.7. The van der Waals surface area contributed by atoms with Crippen LogP contribution in [0.1, 0.15) is 85.5 Å². The molecule has 1 amide bonds. The predicted octanol–water partition coefficient (Wildman–Crippen LogP) is 3.10. The molecule has 1 saturated heterocycles. The maximum atomic E-state index is 14.0. The first-order chi connectivity index (χ1) is 18.6. The van der Waals surface area contributed by atoms with Gasteiger partial charge in [-0.25, -0.2) is 0 Å². The third-order valence-electron chi connectivity index (χ3n) is 12.1. The molecule has 5 N–H and O–H groups in total. The van der Waals surface area contributed by atoms with E-state index in [9.17, 15) is 15.0 Å². The van der Waals surface area contributed by atoms with Crippen molar-refractivity contribution >= 4 is 5.91 Å². The quantitative estimate of drug-likeness (QED) is 0.368. The zero-order valence-corrected chi connectivity index (χ0v) is 24.9. The molecule has 1 heterocycles. The number of hydrogen-bond donors (Lipinski definition) is 4. The molecule has 39 heavy (non-hydrogen) atoms. The van der Waals surface area contributed by atoms with E-state index in [1.54, 1.807) is 12.0 Å². The molecule has 0 aromatic carbocycles.